The lowest BCUT2D eigenvalue weighted by Crippen LogP contribution is -2.35. The SMILES string of the molecule is CSCCC(C)N(C)C(=O)c1ccccc1N. The van der Waals surface area contributed by atoms with Crippen LogP contribution in [0.25, 0.3) is 0 Å². The summed E-state index contributed by atoms with van der Waals surface area (Å²) < 4.78 is 0. The van der Waals surface area contributed by atoms with Crippen LogP contribution in [0.5, 0.6) is 0 Å². The molecule has 94 valence electrons. The van der Waals surface area contributed by atoms with Crippen LogP contribution < -0.4 is 5.73 Å². The van der Waals surface area contributed by atoms with Crippen LogP contribution in [0, 0.1) is 0 Å². The quantitative estimate of drug-likeness (QED) is 0.819. The maximum atomic E-state index is 12.2. The Morgan fingerprint density at radius 2 is 2.12 bits per heavy atom. The largest absolute Gasteiger partial charge is 0.398 e. The molecular formula is C13H20N2OS. The number of nitrogens with two attached hydrogens (primary N) is 1. The van der Waals surface area contributed by atoms with E-state index >= 15 is 0 Å². The van der Waals surface area contributed by atoms with Gasteiger partial charge in [0.05, 0.1) is 5.56 Å². The van der Waals surface area contributed by atoms with Crippen molar-refractivity contribution in [2.24, 2.45) is 0 Å². The number of nitrogens with zero attached hydrogens (tertiary/aromatic N) is 1. The number of carbonyl (C=O) groups excluding carboxylic acids is 1. The number of carbonyl (C=O) groups is 1. The molecule has 1 aromatic rings. The first kappa shape index (κ1) is 13.9. The minimum Gasteiger partial charge on any atom is -0.398 e. The Kier molecular flexibility index (Phi) is 5.35. The van der Waals surface area contributed by atoms with Crippen LogP contribution in [0.2, 0.25) is 0 Å². The molecule has 4 heteroatoms. The summed E-state index contributed by atoms with van der Waals surface area (Å²) in [6.45, 7) is 2.06. The number of thioether (sulfide) groups is 1. The Labute approximate surface area is 107 Å². The molecule has 1 rings (SSSR count). The third-order valence-corrected chi connectivity index (χ3v) is 3.56. The molecule has 0 aliphatic rings. The van der Waals surface area contributed by atoms with Crippen molar-refractivity contribution in [3.63, 3.8) is 0 Å². The molecule has 0 aliphatic heterocycles. The number of hydrogen-bond donors (Lipinski definition) is 1. The van der Waals surface area contributed by atoms with Crippen LogP contribution in [-0.4, -0.2) is 35.9 Å². The number of benzene rings is 1. The van der Waals surface area contributed by atoms with Crippen molar-refractivity contribution in [1.29, 1.82) is 0 Å². The van der Waals surface area contributed by atoms with E-state index < -0.39 is 0 Å². The van der Waals surface area contributed by atoms with Gasteiger partial charge in [0.25, 0.3) is 5.91 Å². The summed E-state index contributed by atoms with van der Waals surface area (Å²) in [5, 5.41) is 0. The van der Waals surface area contributed by atoms with E-state index in [1.165, 1.54) is 0 Å². The predicted octanol–water partition coefficient (Wildman–Crippen LogP) is 2.48. The fourth-order valence-corrected chi connectivity index (χ4v) is 2.14. The molecule has 0 spiro atoms. The maximum Gasteiger partial charge on any atom is 0.255 e. The Bertz CT molecular complexity index is 381. The van der Waals surface area contributed by atoms with E-state index in [0.717, 1.165) is 12.2 Å². The van der Waals surface area contributed by atoms with Crippen molar-refractivity contribution < 1.29 is 4.79 Å². The van der Waals surface area contributed by atoms with Gasteiger partial charge in [-0.15, -0.1) is 0 Å². The van der Waals surface area contributed by atoms with E-state index in [4.69, 9.17) is 5.73 Å². The molecule has 0 saturated heterocycles. The molecule has 17 heavy (non-hydrogen) atoms. The molecular weight excluding hydrogens is 232 g/mol. The Hall–Kier alpha value is -1.16. The van der Waals surface area contributed by atoms with E-state index in [9.17, 15) is 4.79 Å². The molecule has 2 N–H and O–H groups in total. The van der Waals surface area contributed by atoms with Crippen molar-refractivity contribution in [2.75, 3.05) is 24.8 Å². The zero-order valence-corrected chi connectivity index (χ0v) is 11.5. The first-order valence-electron chi connectivity index (χ1n) is 5.68. The van der Waals surface area contributed by atoms with Gasteiger partial charge in [0, 0.05) is 18.8 Å². The second-order valence-electron chi connectivity index (χ2n) is 4.13. The van der Waals surface area contributed by atoms with Crippen LogP contribution in [-0.2, 0) is 0 Å². The van der Waals surface area contributed by atoms with E-state index in [2.05, 4.69) is 13.2 Å². The average molecular weight is 252 g/mol. The fourth-order valence-electron chi connectivity index (χ4n) is 1.56. The summed E-state index contributed by atoms with van der Waals surface area (Å²) in [6.07, 6.45) is 3.07. The lowest BCUT2D eigenvalue weighted by atomic mass is 10.1. The molecule has 1 amide bonds. The molecule has 0 heterocycles. The molecule has 1 unspecified atom stereocenters. The van der Waals surface area contributed by atoms with Gasteiger partial charge < -0.3 is 10.6 Å². The highest BCUT2D eigenvalue weighted by atomic mass is 32.2. The smallest absolute Gasteiger partial charge is 0.255 e. The van der Waals surface area contributed by atoms with Crippen LogP contribution in [0.3, 0.4) is 0 Å². The monoisotopic (exact) mass is 252 g/mol. The summed E-state index contributed by atoms with van der Waals surface area (Å²) in [4.78, 5) is 14.0. The highest BCUT2D eigenvalue weighted by Crippen LogP contribution is 2.15. The number of rotatable bonds is 5. The lowest BCUT2D eigenvalue weighted by molar-refractivity contribution is 0.0742. The van der Waals surface area contributed by atoms with Gasteiger partial charge in [-0.25, -0.2) is 0 Å². The number of nitrogen functional groups attached to an aromatic ring is 1. The van der Waals surface area contributed by atoms with Crippen molar-refractivity contribution >= 4 is 23.4 Å². The summed E-state index contributed by atoms with van der Waals surface area (Å²) in [7, 11) is 1.83. The zero-order chi connectivity index (χ0) is 12.8. The number of para-hydroxylation sites is 1. The average Bonchev–Trinajstić information content (AvgIpc) is 2.34. The molecule has 0 bridgehead atoms. The Morgan fingerprint density at radius 3 is 2.71 bits per heavy atom. The van der Waals surface area contributed by atoms with Crippen molar-refractivity contribution in [3.8, 4) is 0 Å². The van der Waals surface area contributed by atoms with Gasteiger partial charge in [-0.2, -0.15) is 11.8 Å². The molecule has 0 saturated carbocycles. The molecule has 1 aromatic carbocycles. The van der Waals surface area contributed by atoms with Crippen molar-refractivity contribution in [1.82, 2.24) is 4.90 Å². The molecule has 0 fully saturated rings. The Balaban J connectivity index is 2.73. The highest BCUT2D eigenvalue weighted by Gasteiger charge is 2.18. The summed E-state index contributed by atoms with van der Waals surface area (Å²) in [5.41, 5.74) is 6.94. The first-order valence-corrected chi connectivity index (χ1v) is 7.08. The molecule has 0 radical (unpaired) electrons. The number of hydrogen-bond acceptors (Lipinski definition) is 3. The summed E-state index contributed by atoms with van der Waals surface area (Å²) in [6, 6.07) is 7.44. The number of anilines is 1. The first-order chi connectivity index (χ1) is 8.07. The summed E-state index contributed by atoms with van der Waals surface area (Å²) in [5.74, 6) is 1.06. The van der Waals surface area contributed by atoms with Crippen LogP contribution in [0.1, 0.15) is 23.7 Å². The van der Waals surface area contributed by atoms with Gasteiger partial charge in [-0.1, -0.05) is 12.1 Å². The second-order valence-corrected chi connectivity index (χ2v) is 5.12. The van der Waals surface area contributed by atoms with Crippen molar-refractivity contribution in [2.45, 2.75) is 19.4 Å². The Morgan fingerprint density at radius 1 is 1.47 bits per heavy atom. The van der Waals surface area contributed by atoms with Gasteiger partial charge >= 0.3 is 0 Å². The van der Waals surface area contributed by atoms with Gasteiger partial charge in [-0.05, 0) is 37.5 Å². The maximum absolute atomic E-state index is 12.2. The van der Waals surface area contributed by atoms with Crippen LogP contribution >= 0.6 is 11.8 Å². The van der Waals surface area contributed by atoms with E-state index in [1.807, 2.05) is 19.2 Å². The van der Waals surface area contributed by atoms with Gasteiger partial charge in [0.15, 0.2) is 0 Å². The predicted molar refractivity (Wildman–Crippen MR) is 75.4 cm³/mol. The zero-order valence-electron chi connectivity index (χ0n) is 10.6. The van der Waals surface area contributed by atoms with Gasteiger partial charge in [0.1, 0.15) is 0 Å². The van der Waals surface area contributed by atoms with E-state index in [1.54, 1.807) is 28.8 Å². The molecule has 0 aromatic heterocycles. The van der Waals surface area contributed by atoms with Gasteiger partial charge in [-0.3, -0.25) is 4.79 Å². The lowest BCUT2D eigenvalue weighted by Gasteiger charge is -2.25. The molecule has 0 aliphatic carbocycles. The van der Waals surface area contributed by atoms with Crippen LogP contribution in [0.4, 0.5) is 5.69 Å². The molecule has 1 atom stereocenters. The number of amides is 1. The second kappa shape index (κ2) is 6.55. The highest BCUT2D eigenvalue weighted by molar-refractivity contribution is 7.98. The minimum atomic E-state index is -0.00305. The van der Waals surface area contributed by atoms with Crippen molar-refractivity contribution in [3.05, 3.63) is 29.8 Å². The molecule has 3 nitrogen and oxygen atoms in total. The van der Waals surface area contributed by atoms with E-state index in [-0.39, 0.29) is 11.9 Å². The topological polar surface area (TPSA) is 46.3 Å². The standard InChI is InChI=1S/C13H20N2OS/c1-10(8-9-17-3)15(2)13(16)11-6-4-5-7-12(11)14/h4-7,10H,8-9,14H2,1-3H3. The van der Waals surface area contributed by atoms with Gasteiger partial charge in [0.2, 0.25) is 0 Å². The fraction of sp³-hybridized carbons (Fsp3) is 0.462. The third-order valence-electron chi connectivity index (χ3n) is 2.91. The summed E-state index contributed by atoms with van der Waals surface area (Å²) >= 11 is 1.80. The van der Waals surface area contributed by atoms with E-state index in [0.29, 0.717) is 11.3 Å². The third kappa shape index (κ3) is 3.66. The van der Waals surface area contributed by atoms with Crippen LogP contribution in [0.15, 0.2) is 24.3 Å². The normalized spacial score (nSPS) is 12.2. The minimum absolute atomic E-state index is 0.00305.